The van der Waals surface area contributed by atoms with Crippen LogP contribution in [0.25, 0.3) is 15.7 Å². The number of anilines is 1. The molecule has 1 saturated carbocycles. The van der Waals surface area contributed by atoms with E-state index in [1.807, 2.05) is 11.9 Å². The molecule has 0 bridgehead atoms. The maximum absolute atomic E-state index is 14.9. The van der Waals surface area contributed by atoms with Crippen molar-refractivity contribution in [2.75, 3.05) is 37.4 Å². The van der Waals surface area contributed by atoms with E-state index in [1.165, 1.54) is 10.6 Å². The van der Waals surface area contributed by atoms with Crippen LogP contribution in [0.4, 0.5) is 10.1 Å². The number of nitrogens with one attached hydrogen (secondary N) is 1. The second kappa shape index (κ2) is 6.95. The molecule has 2 aromatic rings. The van der Waals surface area contributed by atoms with E-state index in [2.05, 4.69) is 10.2 Å². The molecule has 2 heterocycles. The molecule has 1 aromatic heterocycles. The minimum absolute atomic E-state index is 0.00220. The Bertz CT molecular complexity index is 1080. The quantitative estimate of drug-likeness (QED) is 0.583. The van der Waals surface area contributed by atoms with Crippen molar-refractivity contribution in [3.63, 3.8) is 0 Å². The normalized spacial score (nSPS) is 20.5. The van der Waals surface area contributed by atoms with Crippen molar-refractivity contribution in [2.24, 2.45) is 5.92 Å². The number of benzene rings is 1. The Morgan fingerprint density at radius 2 is 2.11 bits per heavy atom. The molecule has 1 saturated heterocycles. The van der Waals surface area contributed by atoms with Crippen LogP contribution in [0.2, 0.25) is 0 Å². The van der Waals surface area contributed by atoms with Crippen LogP contribution in [-0.2, 0) is 0 Å². The summed E-state index contributed by atoms with van der Waals surface area (Å²) in [5, 5.41) is 3.29. The van der Waals surface area contributed by atoms with Crippen molar-refractivity contribution in [2.45, 2.75) is 31.3 Å². The highest BCUT2D eigenvalue weighted by Crippen LogP contribution is 2.37. The van der Waals surface area contributed by atoms with Gasteiger partial charge in [-0.05, 0) is 38.4 Å². The van der Waals surface area contributed by atoms with Gasteiger partial charge < -0.3 is 20.9 Å². The van der Waals surface area contributed by atoms with Crippen molar-refractivity contribution in [1.82, 2.24) is 14.6 Å². The summed E-state index contributed by atoms with van der Waals surface area (Å²) < 4.78 is 17.0. The van der Waals surface area contributed by atoms with E-state index in [0.717, 1.165) is 19.3 Å². The van der Waals surface area contributed by atoms with Gasteiger partial charge in [-0.15, -0.1) is 0 Å². The summed E-state index contributed by atoms with van der Waals surface area (Å²) in [6.45, 7) is 8.76. The lowest BCUT2D eigenvalue weighted by Crippen LogP contribution is -2.44. The molecule has 28 heavy (non-hydrogen) atoms. The number of aromatic nitrogens is 2. The van der Waals surface area contributed by atoms with Crippen LogP contribution in [0.15, 0.2) is 21.7 Å². The molecule has 2 atom stereocenters. The van der Waals surface area contributed by atoms with Gasteiger partial charge in [-0.1, -0.05) is 0 Å². The van der Waals surface area contributed by atoms with Crippen molar-refractivity contribution in [3.8, 4) is 0 Å². The lowest BCUT2D eigenvalue weighted by Gasteiger charge is -2.23. The van der Waals surface area contributed by atoms with Crippen molar-refractivity contribution in [1.29, 1.82) is 0 Å². The molecule has 9 heteroatoms. The molecule has 8 nitrogen and oxygen atoms in total. The first kappa shape index (κ1) is 18.5. The molecule has 0 amide bonds. The SMILES string of the molecule is [C-]#[N+]CC(NC)C1CCN(c2cc3c(cc2F)c(=O)n(N)c(=O)n3C2CC2)C1. The van der Waals surface area contributed by atoms with Crippen LogP contribution in [0.5, 0.6) is 0 Å². The number of rotatable bonds is 5. The summed E-state index contributed by atoms with van der Waals surface area (Å²) in [4.78, 5) is 30.3. The van der Waals surface area contributed by atoms with Crippen LogP contribution < -0.4 is 27.3 Å². The largest absolute Gasteiger partial charge is 0.369 e. The first-order valence-electron chi connectivity index (χ1n) is 9.47. The molecule has 1 aromatic carbocycles. The number of hydrogen-bond donors (Lipinski definition) is 2. The molecule has 4 rings (SSSR count). The summed E-state index contributed by atoms with van der Waals surface area (Å²) >= 11 is 0. The second-order valence-corrected chi connectivity index (χ2v) is 7.61. The fourth-order valence-corrected chi connectivity index (χ4v) is 4.19. The predicted molar refractivity (Wildman–Crippen MR) is 105 cm³/mol. The third-order valence-corrected chi connectivity index (χ3v) is 5.89. The van der Waals surface area contributed by atoms with Gasteiger partial charge in [0, 0.05) is 25.0 Å². The van der Waals surface area contributed by atoms with E-state index in [0.29, 0.717) is 35.5 Å². The van der Waals surface area contributed by atoms with Gasteiger partial charge in [0.2, 0.25) is 6.54 Å². The second-order valence-electron chi connectivity index (χ2n) is 7.61. The maximum atomic E-state index is 14.9. The van der Waals surface area contributed by atoms with Gasteiger partial charge >= 0.3 is 5.69 Å². The lowest BCUT2D eigenvalue weighted by atomic mass is 9.99. The first-order chi connectivity index (χ1) is 13.5. The number of nitrogen functional groups attached to an aromatic ring is 1. The number of halogens is 1. The Morgan fingerprint density at radius 3 is 2.75 bits per heavy atom. The number of fused-ring (bicyclic) bond motifs is 1. The molecule has 3 N–H and O–H groups in total. The van der Waals surface area contributed by atoms with Crippen LogP contribution in [0.3, 0.4) is 0 Å². The Morgan fingerprint density at radius 1 is 1.36 bits per heavy atom. The zero-order valence-corrected chi connectivity index (χ0v) is 15.7. The summed E-state index contributed by atoms with van der Waals surface area (Å²) in [6, 6.07) is 2.86. The van der Waals surface area contributed by atoms with Gasteiger partial charge in [0.15, 0.2) is 0 Å². The monoisotopic (exact) mass is 386 g/mol. The van der Waals surface area contributed by atoms with E-state index < -0.39 is 17.1 Å². The van der Waals surface area contributed by atoms with Gasteiger partial charge in [0.25, 0.3) is 5.56 Å². The Kier molecular flexibility index (Phi) is 4.59. The lowest BCUT2D eigenvalue weighted by molar-refractivity contribution is 0.421. The van der Waals surface area contributed by atoms with Gasteiger partial charge in [0.1, 0.15) is 5.82 Å². The zero-order valence-electron chi connectivity index (χ0n) is 15.7. The average Bonchev–Trinajstić information content (AvgIpc) is 3.40. The summed E-state index contributed by atoms with van der Waals surface area (Å²) in [5.41, 5.74) is -0.431. The molecule has 1 aliphatic carbocycles. The molecule has 148 valence electrons. The van der Waals surface area contributed by atoms with Crippen LogP contribution >= 0.6 is 0 Å². The third-order valence-electron chi connectivity index (χ3n) is 5.89. The topological polar surface area (TPSA) is 89.7 Å². The van der Waals surface area contributed by atoms with Crippen molar-refractivity contribution >= 4 is 16.6 Å². The van der Waals surface area contributed by atoms with Crippen LogP contribution in [0, 0.1) is 18.3 Å². The van der Waals surface area contributed by atoms with E-state index in [9.17, 15) is 14.0 Å². The number of nitrogens with zero attached hydrogens (tertiary/aromatic N) is 4. The van der Waals surface area contributed by atoms with Crippen LogP contribution in [0.1, 0.15) is 25.3 Å². The molecule has 0 radical (unpaired) electrons. The zero-order chi connectivity index (χ0) is 20.0. The summed E-state index contributed by atoms with van der Waals surface area (Å²) in [7, 11) is 1.83. The van der Waals surface area contributed by atoms with Gasteiger partial charge in [0.05, 0.1) is 22.6 Å². The Labute approximate surface area is 161 Å². The summed E-state index contributed by atoms with van der Waals surface area (Å²) in [5.74, 6) is 5.36. The van der Waals surface area contributed by atoms with Gasteiger partial charge in [-0.2, -0.15) is 4.68 Å². The molecular formula is C19H23FN6O2. The predicted octanol–water partition coefficient (Wildman–Crippen LogP) is 0.685. The minimum atomic E-state index is -0.686. The molecular weight excluding hydrogens is 363 g/mol. The third kappa shape index (κ3) is 2.94. The molecule has 2 fully saturated rings. The van der Waals surface area contributed by atoms with Crippen LogP contribution in [-0.4, -0.2) is 42.0 Å². The average molecular weight is 386 g/mol. The van der Waals surface area contributed by atoms with E-state index in [-0.39, 0.29) is 23.4 Å². The van der Waals surface area contributed by atoms with E-state index >= 15 is 0 Å². The van der Waals surface area contributed by atoms with Crippen molar-refractivity contribution < 1.29 is 4.39 Å². The maximum Gasteiger partial charge on any atom is 0.350 e. The number of hydrogen-bond acceptors (Lipinski definition) is 5. The number of likely N-dealkylation sites (N-methyl/N-ethyl adjacent to an activating group) is 1. The molecule has 1 aliphatic heterocycles. The van der Waals surface area contributed by atoms with E-state index in [1.54, 1.807) is 6.07 Å². The first-order valence-corrected chi connectivity index (χ1v) is 9.47. The highest BCUT2D eigenvalue weighted by Gasteiger charge is 2.33. The minimum Gasteiger partial charge on any atom is -0.369 e. The smallest absolute Gasteiger partial charge is 0.350 e. The molecule has 2 aliphatic rings. The number of nitrogens with two attached hydrogens (primary N) is 1. The van der Waals surface area contributed by atoms with Crippen molar-refractivity contribution in [3.05, 3.63) is 50.2 Å². The Hall–Kier alpha value is -2.86. The van der Waals surface area contributed by atoms with E-state index in [4.69, 9.17) is 12.4 Å². The highest BCUT2D eigenvalue weighted by molar-refractivity contribution is 5.83. The van der Waals surface area contributed by atoms with Gasteiger partial charge in [-0.25, -0.2) is 15.8 Å². The molecule has 0 spiro atoms. The highest BCUT2D eigenvalue weighted by atomic mass is 19.1. The summed E-state index contributed by atoms with van der Waals surface area (Å²) in [6.07, 6.45) is 2.52. The van der Waals surface area contributed by atoms with Gasteiger partial charge in [-0.3, -0.25) is 9.36 Å². The fourth-order valence-electron chi connectivity index (χ4n) is 4.19. The molecule has 2 unspecified atom stereocenters. The fraction of sp³-hybridized carbons (Fsp3) is 0.526. The Balaban J connectivity index is 1.77. The standard InChI is InChI=1S/C19H23FN6O2/c1-22-9-15(23-2)11-5-6-24(10-11)17-8-16-13(7-14(17)20)18(27)26(21)19(28)25(16)12-3-4-12/h7-8,11-12,15,23H,3-6,9-10,21H2,2H3.